The maximum absolute atomic E-state index is 5.59. The first-order valence-corrected chi connectivity index (χ1v) is 9.75. The van der Waals surface area contributed by atoms with Crippen molar-refractivity contribution in [3.63, 3.8) is 0 Å². The molecule has 0 atom stereocenters. The lowest BCUT2D eigenvalue weighted by Crippen LogP contribution is -2.36. The third kappa shape index (κ3) is 5.13. The van der Waals surface area contributed by atoms with Gasteiger partial charge in [-0.25, -0.2) is 9.67 Å². The summed E-state index contributed by atoms with van der Waals surface area (Å²) < 4.78 is 7.57. The molecule has 0 aliphatic heterocycles. The molecule has 0 spiro atoms. The number of aromatic nitrogens is 3. The van der Waals surface area contributed by atoms with Crippen LogP contribution in [-0.4, -0.2) is 34.4 Å². The van der Waals surface area contributed by atoms with E-state index in [0.717, 1.165) is 28.2 Å². The number of benzene rings is 1. The Hall–Kier alpha value is -3.35. The van der Waals surface area contributed by atoms with Crippen molar-refractivity contribution in [2.24, 2.45) is 4.99 Å². The fourth-order valence-electron chi connectivity index (χ4n) is 3.14. The number of aliphatic imine (C=N–C) groups is 1. The number of rotatable bonds is 7. The molecule has 0 bridgehead atoms. The summed E-state index contributed by atoms with van der Waals surface area (Å²) in [4.78, 5) is 8.62. The maximum Gasteiger partial charge on any atom is 0.218 e. The van der Waals surface area contributed by atoms with Crippen LogP contribution in [0.1, 0.15) is 29.4 Å². The third-order valence-corrected chi connectivity index (χ3v) is 4.48. The van der Waals surface area contributed by atoms with Gasteiger partial charge in [0, 0.05) is 37.6 Å². The van der Waals surface area contributed by atoms with Crippen LogP contribution in [0.15, 0.2) is 53.7 Å². The highest BCUT2D eigenvalue weighted by molar-refractivity contribution is 5.79. The van der Waals surface area contributed by atoms with Crippen molar-refractivity contribution in [1.29, 1.82) is 0 Å². The van der Waals surface area contributed by atoms with E-state index in [4.69, 9.17) is 4.74 Å². The number of ether oxygens (including phenoxy) is 1. The Kier molecular flexibility index (Phi) is 6.84. The van der Waals surface area contributed by atoms with Crippen molar-refractivity contribution in [2.45, 2.75) is 33.9 Å². The molecule has 0 saturated carbocycles. The molecule has 3 aromatic rings. The minimum atomic E-state index is 0.571. The first-order valence-electron chi connectivity index (χ1n) is 9.75. The fourth-order valence-corrected chi connectivity index (χ4v) is 3.14. The number of pyridine rings is 1. The molecule has 2 N–H and O–H groups in total. The zero-order valence-electron chi connectivity index (χ0n) is 17.4. The summed E-state index contributed by atoms with van der Waals surface area (Å²) in [6.07, 6.45) is 1.73. The molecule has 3 rings (SSSR count). The molecule has 2 heterocycles. The number of guanidine groups is 1. The Morgan fingerprint density at radius 1 is 1.07 bits per heavy atom. The predicted octanol–water partition coefficient (Wildman–Crippen LogP) is 3.15. The SMILES string of the molecule is CCOc1ncccc1CNC(=NC)NCc1ccccc1-n1nc(C)cc1C. The Balaban J connectivity index is 1.67. The van der Waals surface area contributed by atoms with E-state index in [9.17, 15) is 0 Å². The summed E-state index contributed by atoms with van der Waals surface area (Å²) in [5.74, 6) is 1.35. The molecule has 1 aromatic carbocycles. The van der Waals surface area contributed by atoms with Crippen LogP contribution in [0.5, 0.6) is 5.88 Å². The minimum Gasteiger partial charge on any atom is -0.478 e. The first kappa shape index (κ1) is 20.4. The van der Waals surface area contributed by atoms with Gasteiger partial charge in [0.05, 0.1) is 18.0 Å². The van der Waals surface area contributed by atoms with Gasteiger partial charge in [-0.3, -0.25) is 4.99 Å². The van der Waals surface area contributed by atoms with Crippen molar-refractivity contribution in [2.75, 3.05) is 13.7 Å². The zero-order valence-corrected chi connectivity index (χ0v) is 17.4. The smallest absolute Gasteiger partial charge is 0.218 e. The van der Waals surface area contributed by atoms with Gasteiger partial charge in [-0.05, 0) is 44.5 Å². The van der Waals surface area contributed by atoms with Crippen molar-refractivity contribution in [3.05, 3.63) is 71.2 Å². The molecule has 0 fully saturated rings. The summed E-state index contributed by atoms with van der Waals surface area (Å²) in [6, 6.07) is 14.2. The highest BCUT2D eigenvalue weighted by Crippen LogP contribution is 2.17. The molecule has 0 radical (unpaired) electrons. The van der Waals surface area contributed by atoms with Gasteiger partial charge in [0.2, 0.25) is 5.88 Å². The normalized spacial score (nSPS) is 11.4. The van der Waals surface area contributed by atoms with E-state index in [2.05, 4.69) is 50.8 Å². The first-order chi connectivity index (χ1) is 14.1. The van der Waals surface area contributed by atoms with E-state index in [-0.39, 0.29) is 0 Å². The minimum absolute atomic E-state index is 0.571. The van der Waals surface area contributed by atoms with Crippen LogP contribution in [-0.2, 0) is 13.1 Å². The summed E-state index contributed by atoms with van der Waals surface area (Å²) in [7, 11) is 1.76. The monoisotopic (exact) mass is 392 g/mol. The van der Waals surface area contributed by atoms with Crippen LogP contribution >= 0.6 is 0 Å². The maximum atomic E-state index is 5.59. The highest BCUT2D eigenvalue weighted by Gasteiger charge is 2.10. The van der Waals surface area contributed by atoms with Crippen LogP contribution in [0.3, 0.4) is 0 Å². The molecule has 29 heavy (non-hydrogen) atoms. The van der Waals surface area contributed by atoms with Gasteiger partial charge in [0.25, 0.3) is 0 Å². The fraction of sp³-hybridized carbons (Fsp3) is 0.318. The summed E-state index contributed by atoms with van der Waals surface area (Å²) in [6.45, 7) is 7.80. The zero-order chi connectivity index (χ0) is 20.6. The van der Waals surface area contributed by atoms with Crippen molar-refractivity contribution < 1.29 is 4.74 Å². The van der Waals surface area contributed by atoms with Crippen LogP contribution in [0, 0.1) is 13.8 Å². The molecule has 7 heteroatoms. The van der Waals surface area contributed by atoms with Crippen molar-refractivity contribution in [1.82, 2.24) is 25.4 Å². The van der Waals surface area contributed by atoms with Gasteiger partial charge in [0.15, 0.2) is 5.96 Å². The Morgan fingerprint density at radius 3 is 2.48 bits per heavy atom. The Bertz CT molecular complexity index is 979. The second-order valence-electron chi connectivity index (χ2n) is 6.65. The quantitative estimate of drug-likeness (QED) is 0.477. The number of para-hydroxylation sites is 1. The molecule has 0 amide bonds. The largest absolute Gasteiger partial charge is 0.478 e. The molecule has 0 aliphatic carbocycles. The number of hydrogen-bond donors (Lipinski definition) is 2. The Labute approximate surface area is 171 Å². The van der Waals surface area contributed by atoms with E-state index in [1.165, 1.54) is 0 Å². The van der Waals surface area contributed by atoms with Gasteiger partial charge >= 0.3 is 0 Å². The van der Waals surface area contributed by atoms with E-state index in [0.29, 0.717) is 31.5 Å². The van der Waals surface area contributed by atoms with Crippen LogP contribution in [0.4, 0.5) is 0 Å². The van der Waals surface area contributed by atoms with E-state index in [1.54, 1.807) is 13.2 Å². The molecule has 2 aromatic heterocycles. The molecule has 0 saturated heterocycles. The van der Waals surface area contributed by atoms with Crippen molar-refractivity contribution >= 4 is 5.96 Å². The molecular weight excluding hydrogens is 364 g/mol. The van der Waals surface area contributed by atoms with E-state index in [1.807, 2.05) is 42.8 Å². The average Bonchev–Trinajstić information content (AvgIpc) is 3.07. The van der Waals surface area contributed by atoms with E-state index >= 15 is 0 Å². The third-order valence-electron chi connectivity index (χ3n) is 4.48. The standard InChI is InChI=1S/C22H28N6O/c1-5-29-21-19(10-8-12-24-21)15-26-22(23-4)25-14-18-9-6-7-11-20(18)28-17(3)13-16(2)27-28/h6-13H,5,14-15H2,1-4H3,(H2,23,25,26). The van der Waals surface area contributed by atoms with Gasteiger partial charge in [-0.15, -0.1) is 0 Å². The second kappa shape index (κ2) is 9.73. The number of aryl methyl sites for hydroxylation is 2. The second-order valence-corrected chi connectivity index (χ2v) is 6.65. The Morgan fingerprint density at radius 2 is 1.79 bits per heavy atom. The molecule has 7 nitrogen and oxygen atoms in total. The lowest BCUT2D eigenvalue weighted by Gasteiger charge is -2.16. The summed E-state index contributed by atoms with van der Waals surface area (Å²) >= 11 is 0. The van der Waals surface area contributed by atoms with Gasteiger partial charge in [-0.1, -0.05) is 24.3 Å². The van der Waals surface area contributed by atoms with Gasteiger partial charge in [0.1, 0.15) is 0 Å². The average molecular weight is 393 g/mol. The highest BCUT2D eigenvalue weighted by atomic mass is 16.5. The lowest BCUT2D eigenvalue weighted by molar-refractivity contribution is 0.322. The number of hydrogen-bond acceptors (Lipinski definition) is 4. The van der Waals surface area contributed by atoms with Crippen LogP contribution in [0.2, 0.25) is 0 Å². The van der Waals surface area contributed by atoms with Crippen LogP contribution in [0.25, 0.3) is 5.69 Å². The topological polar surface area (TPSA) is 76.4 Å². The molecular formula is C22H28N6O. The van der Waals surface area contributed by atoms with Gasteiger partial charge < -0.3 is 15.4 Å². The lowest BCUT2D eigenvalue weighted by atomic mass is 10.1. The summed E-state index contributed by atoms with van der Waals surface area (Å²) in [5, 5.41) is 11.3. The molecule has 0 aliphatic rings. The number of nitrogens with zero attached hydrogens (tertiary/aromatic N) is 4. The van der Waals surface area contributed by atoms with E-state index < -0.39 is 0 Å². The van der Waals surface area contributed by atoms with Crippen molar-refractivity contribution in [3.8, 4) is 11.6 Å². The van der Waals surface area contributed by atoms with Crippen LogP contribution < -0.4 is 15.4 Å². The predicted molar refractivity (Wildman–Crippen MR) is 115 cm³/mol. The molecule has 0 unspecified atom stereocenters. The molecule has 152 valence electrons. The summed E-state index contributed by atoms with van der Waals surface area (Å²) in [5.41, 5.74) is 5.30. The number of nitrogens with one attached hydrogen (secondary N) is 2. The van der Waals surface area contributed by atoms with Gasteiger partial charge in [-0.2, -0.15) is 5.10 Å².